The summed E-state index contributed by atoms with van der Waals surface area (Å²) in [5.74, 6) is -0.369. The first-order valence-corrected chi connectivity index (χ1v) is 13.3. The van der Waals surface area contributed by atoms with Gasteiger partial charge in [0.15, 0.2) is 11.9 Å². The first-order chi connectivity index (χ1) is 20.1. The minimum absolute atomic E-state index is 0.164. The summed E-state index contributed by atoms with van der Waals surface area (Å²) >= 11 is 0. The van der Waals surface area contributed by atoms with Crippen molar-refractivity contribution in [1.82, 2.24) is 0 Å². The van der Waals surface area contributed by atoms with Crippen LogP contribution in [0.15, 0.2) is 138 Å². The second kappa shape index (κ2) is 11.4. The fraction of sp³-hybridized carbons (Fsp3) is 0.0556. The van der Waals surface area contributed by atoms with E-state index in [0.717, 1.165) is 33.2 Å². The van der Waals surface area contributed by atoms with Crippen LogP contribution in [0.5, 0.6) is 5.75 Å². The summed E-state index contributed by atoms with van der Waals surface area (Å²) in [5.41, 5.74) is 5.70. The zero-order chi connectivity index (χ0) is 28.2. The average molecular weight is 539 g/mol. The SMILES string of the molecule is O=C(c1ccccc1)c1oc2ccccc2c1-c1ccc(-c2ccc(O[C@H](Cc3ccccc3)C(=O)O)cc2)cc1. The van der Waals surface area contributed by atoms with E-state index in [1.165, 1.54) is 0 Å². The third kappa shape index (κ3) is 5.52. The van der Waals surface area contributed by atoms with Crippen molar-refractivity contribution >= 4 is 22.7 Å². The maximum atomic E-state index is 13.4. The molecule has 1 heterocycles. The second-order valence-corrected chi connectivity index (χ2v) is 9.73. The molecule has 0 spiro atoms. The Morgan fingerprint density at radius 2 is 1.22 bits per heavy atom. The van der Waals surface area contributed by atoms with E-state index in [4.69, 9.17) is 9.15 Å². The maximum Gasteiger partial charge on any atom is 0.345 e. The number of benzene rings is 5. The molecule has 0 radical (unpaired) electrons. The molecule has 0 aliphatic carbocycles. The number of carbonyl (C=O) groups excluding carboxylic acids is 1. The van der Waals surface area contributed by atoms with E-state index in [2.05, 4.69) is 0 Å². The Labute approximate surface area is 237 Å². The number of ether oxygens (including phenoxy) is 1. The minimum atomic E-state index is -1.01. The van der Waals surface area contributed by atoms with Crippen LogP contribution in [-0.2, 0) is 11.2 Å². The lowest BCUT2D eigenvalue weighted by molar-refractivity contribution is -0.145. The predicted octanol–water partition coefficient (Wildman–Crippen LogP) is 8.07. The zero-order valence-corrected chi connectivity index (χ0v) is 22.1. The molecule has 200 valence electrons. The summed E-state index contributed by atoms with van der Waals surface area (Å²) < 4.78 is 11.9. The van der Waals surface area contributed by atoms with Crippen molar-refractivity contribution < 1.29 is 23.8 Å². The molecule has 0 fully saturated rings. The summed E-state index contributed by atoms with van der Waals surface area (Å²) in [5, 5.41) is 10.5. The summed E-state index contributed by atoms with van der Waals surface area (Å²) in [4.78, 5) is 25.2. The Morgan fingerprint density at radius 1 is 0.659 bits per heavy atom. The lowest BCUT2D eigenvalue weighted by Gasteiger charge is -2.15. The van der Waals surface area contributed by atoms with Crippen molar-refractivity contribution in [3.05, 3.63) is 150 Å². The zero-order valence-electron chi connectivity index (χ0n) is 22.1. The van der Waals surface area contributed by atoms with Crippen molar-refractivity contribution in [3.63, 3.8) is 0 Å². The Kier molecular flexibility index (Phi) is 7.16. The summed E-state index contributed by atoms with van der Waals surface area (Å²) in [6.07, 6.45) is -0.711. The number of fused-ring (bicyclic) bond motifs is 1. The molecule has 1 N–H and O–H groups in total. The molecule has 0 saturated carbocycles. The molecule has 0 unspecified atom stereocenters. The highest BCUT2D eigenvalue weighted by atomic mass is 16.5. The lowest BCUT2D eigenvalue weighted by atomic mass is 9.96. The second-order valence-electron chi connectivity index (χ2n) is 9.73. The van der Waals surface area contributed by atoms with Gasteiger partial charge in [-0.1, -0.05) is 115 Å². The Bertz CT molecular complexity index is 1800. The third-order valence-corrected chi connectivity index (χ3v) is 7.02. The number of carboxylic acids is 1. The smallest absolute Gasteiger partial charge is 0.345 e. The molecule has 0 aliphatic heterocycles. The van der Waals surface area contributed by atoms with Gasteiger partial charge in [0, 0.05) is 22.9 Å². The van der Waals surface area contributed by atoms with Gasteiger partial charge in [-0.2, -0.15) is 0 Å². The van der Waals surface area contributed by atoms with Gasteiger partial charge in [-0.05, 0) is 40.5 Å². The molecule has 5 nitrogen and oxygen atoms in total. The van der Waals surface area contributed by atoms with Gasteiger partial charge in [0.2, 0.25) is 5.78 Å². The molecule has 0 saturated heterocycles. The van der Waals surface area contributed by atoms with Crippen LogP contribution in [0.3, 0.4) is 0 Å². The number of rotatable bonds is 9. The van der Waals surface area contributed by atoms with Crippen molar-refractivity contribution in [1.29, 1.82) is 0 Å². The standard InChI is InChI=1S/C36H26O5/c37-34(28-11-5-2-6-12-28)35-33(30-13-7-8-14-31(30)41-35)27-17-15-25(16-18-27)26-19-21-29(22-20-26)40-32(36(38)39)23-24-9-3-1-4-10-24/h1-22,32H,23H2,(H,38,39)/t32-/m1/s1. The van der Waals surface area contributed by atoms with Gasteiger partial charge in [0.1, 0.15) is 11.3 Å². The Morgan fingerprint density at radius 3 is 1.88 bits per heavy atom. The molecule has 6 aromatic rings. The van der Waals surface area contributed by atoms with Crippen LogP contribution in [0.1, 0.15) is 21.7 Å². The molecule has 0 amide bonds. The maximum absolute atomic E-state index is 13.4. The summed E-state index contributed by atoms with van der Waals surface area (Å²) in [6.45, 7) is 0. The summed E-state index contributed by atoms with van der Waals surface area (Å²) in [7, 11) is 0. The van der Waals surface area contributed by atoms with Crippen LogP contribution in [0.25, 0.3) is 33.2 Å². The molecule has 6 rings (SSSR count). The Balaban J connectivity index is 1.25. The largest absolute Gasteiger partial charge is 0.478 e. The van der Waals surface area contributed by atoms with E-state index < -0.39 is 12.1 Å². The van der Waals surface area contributed by atoms with Crippen LogP contribution in [0, 0.1) is 0 Å². The highest BCUT2D eigenvalue weighted by Crippen LogP contribution is 2.37. The highest BCUT2D eigenvalue weighted by molar-refractivity contribution is 6.15. The van der Waals surface area contributed by atoms with E-state index in [1.54, 1.807) is 24.3 Å². The van der Waals surface area contributed by atoms with Crippen molar-refractivity contribution in [2.24, 2.45) is 0 Å². The van der Waals surface area contributed by atoms with Crippen LogP contribution in [0.4, 0.5) is 0 Å². The van der Waals surface area contributed by atoms with Gasteiger partial charge >= 0.3 is 5.97 Å². The molecule has 5 aromatic carbocycles. The topological polar surface area (TPSA) is 76.7 Å². The monoisotopic (exact) mass is 538 g/mol. The van der Waals surface area contributed by atoms with Gasteiger partial charge < -0.3 is 14.3 Å². The molecule has 0 aliphatic rings. The number of hydrogen-bond donors (Lipinski definition) is 1. The van der Waals surface area contributed by atoms with E-state index >= 15 is 0 Å². The number of aliphatic carboxylic acids is 1. The first kappa shape index (κ1) is 25.8. The van der Waals surface area contributed by atoms with E-state index in [9.17, 15) is 14.7 Å². The molecule has 1 atom stereocenters. The van der Waals surface area contributed by atoms with Gasteiger partial charge in [-0.15, -0.1) is 0 Å². The number of ketones is 1. The number of carboxylic acid groups (broad SMARTS) is 1. The van der Waals surface area contributed by atoms with E-state index in [-0.39, 0.29) is 12.2 Å². The van der Waals surface area contributed by atoms with Crippen LogP contribution >= 0.6 is 0 Å². The fourth-order valence-electron chi connectivity index (χ4n) is 4.94. The van der Waals surface area contributed by atoms with E-state index in [0.29, 0.717) is 22.7 Å². The average Bonchev–Trinajstić information content (AvgIpc) is 3.41. The fourth-order valence-corrected chi connectivity index (χ4v) is 4.94. The number of carbonyl (C=O) groups is 2. The van der Waals surface area contributed by atoms with Crippen molar-refractivity contribution in [3.8, 4) is 28.0 Å². The highest BCUT2D eigenvalue weighted by Gasteiger charge is 2.23. The van der Waals surface area contributed by atoms with Gasteiger partial charge in [-0.3, -0.25) is 4.79 Å². The van der Waals surface area contributed by atoms with Crippen LogP contribution in [-0.4, -0.2) is 23.0 Å². The molecular formula is C36H26O5. The molecule has 0 bridgehead atoms. The van der Waals surface area contributed by atoms with Crippen molar-refractivity contribution in [2.75, 3.05) is 0 Å². The third-order valence-electron chi connectivity index (χ3n) is 7.02. The number of para-hydroxylation sites is 1. The predicted molar refractivity (Wildman–Crippen MR) is 159 cm³/mol. The van der Waals surface area contributed by atoms with Gasteiger partial charge in [-0.25, -0.2) is 4.79 Å². The quantitative estimate of drug-likeness (QED) is 0.188. The normalized spacial score (nSPS) is 11.7. The molecular weight excluding hydrogens is 512 g/mol. The van der Waals surface area contributed by atoms with Gasteiger partial charge in [0.25, 0.3) is 0 Å². The molecule has 5 heteroatoms. The molecule has 41 heavy (non-hydrogen) atoms. The lowest BCUT2D eigenvalue weighted by Crippen LogP contribution is -2.29. The van der Waals surface area contributed by atoms with E-state index in [1.807, 2.05) is 109 Å². The number of hydrogen-bond acceptors (Lipinski definition) is 4. The Hall–Kier alpha value is -5.42. The molecule has 1 aromatic heterocycles. The van der Waals surface area contributed by atoms with Crippen LogP contribution in [0.2, 0.25) is 0 Å². The summed E-state index contributed by atoms with van der Waals surface area (Å²) in [6, 6.07) is 41.6. The van der Waals surface area contributed by atoms with Crippen LogP contribution < -0.4 is 4.74 Å². The van der Waals surface area contributed by atoms with Crippen molar-refractivity contribution in [2.45, 2.75) is 12.5 Å². The number of furan rings is 1. The minimum Gasteiger partial charge on any atom is -0.478 e. The first-order valence-electron chi connectivity index (χ1n) is 13.3. The van der Waals surface area contributed by atoms with Gasteiger partial charge in [0.05, 0.1) is 0 Å².